The highest BCUT2D eigenvalue weighted by Gasteiger charge is 2.19. The monoisotopic (exact) mass is 388 g/mol. The zero-order valence-electron chi connectivity index (χ0n) is 12.9. The Morgan fingerprint density at radius 2 is 2.04 bits per heavy atom. The molecule has 0 spiro atoms. The van der Waals surface area contributed by atoms with Gasteiger partial charge < -0.3 is 15.0 Å². The molecular formula is C16H18Cl2N2OS2. The van der Waals surface area contributed by atoms with Crippen molar-refractivity contribution in [1.29, 1.82) is 0 Å². The highest BCUT2D eigenvalue weighted by Crippen LogP contribution is 2.27. The number of methoxy groups -OCH3 is 1. The maximum absolute atomic E-state index is 6.04. The third kappa shape index (κ3) is 5.33. The molecule has 0 radical (unpaired) electrons. The van der Waals surface area contributed by atoms with Gasteiger partial charge in [0.05, 0.1) is 12.6 Å². The first-order valence-corrected chi connectivity index (χ1v) is 9.11. The van der Waals surface area contributed by atoms with Gasteiger partial charge in [-0.3, -0.25) is 0 Å². The first kappa shape index (κ1) is 18.5. The number of benzene rings is 1. The van der Waals surface area contributed by atoms with E-state index in [0.717, 1.165) is 5.69 Å². The quantitative estimate of drug-likeness (QED) is 0.663. The summed E-state index contributed by atoms with van der Waals surface area (Å²) < 4.78 is 5.21. The summed E-state index contributed by atoms with van der Waals surface area (Å²) in [5.74, 6) is 0. The van der Waals surface area contributed by atoms with Crippen molar-refractivity contribution in [2.24, 2.45) is 0 Å². The molecule has 0 aliphatic carbocycles. The van der Waals surface area contributed by atoms with Gasteiger partial charge in [0.2, 0.25) is 0 Å². The SMILES string of the molecule is COCCN(C(=S)Nc1cc(Cl)cc(Cl)c1)C(C)c1cccs1. The van der Waals surface area contributed by atoms with E-state index in [0.29, 0.717) is 28.3 Å². The van der Waals surface area contributed by atoms with Crippen LogP contribution < -0.4 is 5.32 Å². The van der Waals surface area contributed by atoms with Crippen LogP contribution in [0.15, 0.2) is 35.7 Å². The molecule has 2 rings (SSSR count). The number of hydrogen-bond acceptors (Lipinski definition) is 3. The van der Waals surface area contributed by atoms with Crippen molar-refractivity contribution in [3.63, 3.8) is 0 Å². The van der Waals surface area contributed by atoms with Gasteiger partial charge >= 0.3 is 0 Å². The van der Waals surface area contributed by atoms with Crippen LogP contribution in [0.5, 0.6) is 0 Å². The number of thiocarbonyl (C=S) groups is 1. The van der Waals surface area contributed by atoms with E-state index in [2.05, 4.69) is 28.6 Å². The third-order valence-electron chi connectivity index (χ3n) is 3.33. The number of anilines is 1. The molecule has 1 atom stereocenters. The summed E-state index contributed by atoms with van der Waals surface area (Å²) in [5, 5.41) is 7.02. The van der Waals surface area contributed by atoms with Crippen molar-refractivity contribution in [1.82, 2.24) is 4.90 Å². The second kappa shape index (κ2) is 8.85. The van der Waals surface area contributed by atoms with Crippen LogP contribution in [0.25, 0.3) is 0 Å². The minimum Gasteiger partial charge on any atom is -0.383 e. The molecule has 23 heavy (non-hydrogen) atoms. The van der Waals surface area contributed by atoms with Crippen LogP contribution in [0.4, 0.5) is 5.69 Å². The predicted octanol–water partition coefficient (Wildman–Crippen LogP) is 5.46. The van der Waals surface area contributed by atoms with Crippen molar-refractivity contribution in [2.75, 3.05) is 25.6 Å². The van der Waals surface area contributed by atoms with Gasteiger partial charge in [0.1, 0.15) is 0 Å². The lowest BCUT2D eigenvalue weighted by atomic mass is 10.2. The van der Waals surface area contributed by atoms with Crippen molar-refractivity contribution in [3.05, 3.63) is 50.6 Å². The van der Waals surface area contributed by atoms with E-state index in [-0.39, 0.29) is 6.04 Å². The van der Waals surface area contributed by atoms with Crippen LogP contribution in [0, 0.1) is 0 Å². The summed E-state index contributed by atoms with van der Waals surface area (Å²) in [6, 6.07) is 9.58. The molecule has 3 nitrogen and oxygen atoms in total. The fourth-order valence-corrected chi connectivity index (χ4v) is 3.85. The highest BCUT2D eigenvalue weighted by atomic mass is 35.5. The zero-order chi connectivity index (χ0) is 16.8. The number of hydrogen-bond donors (Lipinski definition) is 1. The minimum absolute atomic E-state index is 0.153. The highest BCUT2D eigenvalue weighted by molar-refractivity contribution is 7.80. The van der Waals surface area contributed by atoms with E-state index >= 15 is 0 Å². The number of nitrogens with one attached hydrogen (secondary N) is 1. The Hall–Kier alpha value is -0.850. The van der Waals surface area contributed by atoms with E-state index in [1.807, 2.05) is 6.07 Å². The Bertz CT molecular complexity index is 629. The van der Waals surface area contributed by atoms with Crippen LogP contribution in [-0.2, 0) is 4.74 Å². The normalized spacial score (nSPS) is 12.0. The Morgan fingerprint density at radius 3 is 2.61 bits per heavy atom. The molecule has 124 valence electrons. The van der Waals surface area contributed by atoms with E-state index < -0.39 is 0 Å². The molecule has 1 aromatic heterocycles. The topological polar surface area (TPSA) is 24.5 Å². The smallest absolute Gasteiger partial charge is 0.174 e. The van der Waals surface area contributed by atoms with Crippen LogP contribution in [0.3, 0.4) is 0 Å². The standard InChI is InChI=1S/C16H18Cl2N2OS2/c1-11(15-4-3-7-23-15)20(5-6-21-2)16(22)19-14-9-12(17)8-13(18)10-14/h3-4,7-11H,5-6H2,1-2H3,(H,19,22). The first-order valence-electron chi connectivity index (χ1n) is 7.07. The van der Waals surface area contributed by atoms with Crippen LogP contribution in [-0.4, -0.2) is 30.3 Å². The molecule has 0 amide bonds. The van der Waals surface area contributed by atoms with Crippen LogP contribution >= 0.6 is 46.8 Å². The Kier molecular flexibility index (Phi) is 7.11. The summed E-state index contributed by atoms with van der Waals surface area (Å²) in [5.41, 5.74) is 0.772. The Morgan fingerprint density at radius 1 is 1.35 bits per heavy atom. The van der Waals surface area contributed by atoms with Crippen LogP contribution in [0.2, 0.25) is 10.0 Å². The molecule has 0 aliphatic heterocycles. The largest absolute Gasteiger partial charge is 0.383 e. The summed E-state index contributed by atoms with van der Waals surface area (Å²) >= 11 is 19.4. The molecule has 0 fully saturated rings. The second-order valence-electron chi connectivity index (χ2n) is 4.97. The molecule has 7 heteroatoms. The zero-order valence-corrected chi connectivity index (χ0v) is 16.0. The number of rotatable bonds is 6. The number of thiophene rings is 1. The maximum Gasteiger partial charge on any atom is 0.174 e. The van der Waals surface area contributed by atoms with Gasteiger partial charge in [0, 0.05) is 34.3 Å². The third-order valence-corrected chi connectivity index (χ3v) is 5.15. The molecule has 1 heterocycles. The summed E-state index contributed by atoms with van der Waals surface area (Å²) in [6.45, 7) is 3.41. The number of halogens is 2. The molecule has 0 aliphatic rings. The fourth-order valence-electron chi connectivity index (χ4n) is 2.16. The molecule has 0 bridgehead atoms. The van der Waals surface area contributed by atoms with Crippen molar-refractivity contribution < 1.29 is 4.74 Å². The second-order valence-corrected chi connectivity index (χ2v) is 7.20. The summed E-state index contributed by atoms with van der Waals surface area (Å²) in [4.78, 5) is 3.34. The number of nitrogens with zero attached hydrogens (tertiary/aromatic N) is 1. The van der Waals surface area contributed by atoms with Crippen molar-refractivity contribution in [2.45, 2.75) is 13.0 Å². The van der Waals surface area contributed by atoms with E-state index in [1.54, 1.807) is 36.6 Å². The predicted molar refractivity (Wildman–Crippen MR) is 104 cm³/mol. The van der Waals surface area contributed by atoms with Crippen molar-refractivity contribution in [3.8, 4) is 0 Å². The fraction of sp³-hybridized carbons (Fsp3) is 0.312. The maximum atomic E-state index is 6.04. The number of ether oxygens (including phenoxy) is 1. The Labute approximate surface area is 156 Å². The molecule has 2 aromatic rings. The van der Waals surface area contributed by atoms with Gasteiger partial charge in [0.25, 0.3) is 0 Å². The minimum atomic E-state index is 0.153. The summed E-state index contributed by atoms with van der Waals surface area (Å²) in [7, 11) is 1.68. The Balaban J connectivity index is 2.15. The molecule has 1 N–H and O–H groups in total. The van der Waals surface area contributed by atoms with E-state index in [9.17, 15) is 0 Å². The first-order chi connectivity index (χ1) is 11.0. The average molecular weight is 389 g/mol. The molecule has 0 saturated carbocycles. The lowest BCUT2D eigenvalue weighted by molar-refractivity contribution is 0.166. The van der Waals surface area contributed by atoms with E-state index in [1.165, 1.54) is 4.88 Å². The van der Waals surface area contributed by atoms with Gasteiger partial charge in [-0.15, -0.1) is 11.3 Å². The van der Waals surface area contributed by atoms with Crippen molar-refractivity contribution >= 4 is 57.6 Å². The lowest BCUT2D eigenvalue weighted by Gasteiger charge is -2.31. The van der Waals surface area contributed by atoms with Gasteiger partial charge in [-0.1, -0.05) is 29.3 Å². The van der Waals surface area contributed by atoms with Gasteiger partial charge in [0.15, 0.2) is 5.11 Å². The summed E-state index contributed by atoms with van der Waals surface area (Å²) in [6.07, 6.45) is 0. The van der Waals surface area contributed by atoms with Gasteiger partial charge in [-0.05, 0) is 48.8 Å². The molecular weight excluding hydrogens is 371 g/mol. The average Bonchev–Trinajstić information content (AvgIpc) is 3.00. The van der Waals surface area contributed by atoms with Gasteiger partial charge in [-0.25, -0.2) is 0 Å². The van der Waals surface area contributed by atoms with Crippen LogP contribution in [0.1, 0.15) is 17.8 Å². The molecule has 1 unspecified atom stereocenters. The van der Waals surface area contributed by atoms with Gasteiger partial charge in [-0.2, -0.15) is 0 Å². The van der Waals surface area contributed by atoms with E-state index in [4.69, 9.17) is 40.2 Å². The molecule has 0 saturated heterocycles. The molecule has 1 aromatic carbocycles. The lowest BCUT2D eigenvalue weighted by Crippen LogP contribution is -2.38.